The number of rotatable bonds is 19. The van der Waals surface area contributed by atoms with Gasteiger partial charge in [-0.25, -0.2) is 9.59 Å². The van der Waals surface area contributed by atoms with Crippen LogP contribution < -0.4 is 0 Å². The van der Waals surface area contributed by atoms with E-state index in [1.54, 1.807) is 35.2 Å². The van der Waals surface area contributed by atoms with E-state index in [9.17, 15) is 9.59 Å². The highest BCUT2D eigenvalue weighted by Gasteiger charge is 2.40. The zero-order valence-corrected chi connectivity index (χ0v) is 26.6. The van der Waals surface area contributed by atoms with Gasteiger partial charge in [0.25, 0.3) is 0 Å². The second kappa shape index (κ2) is 20.6. The minimum Gasteiger partial charge on any atom is -0.459 e. The van der Waals surface area contributed by atoms with Gasteiger partial charge in [0.2, 0.25) is 0 Å². The van der Waals surface area contributed by atoms with Crippen LogP contribution in [-0.4, -0.2) is 82.9 Å². The van der Waals surface area contributed by atoms with Gasteiger partial charge in [-0.05, 0) is 61.3 Å². The third-order valence-corrected chi connectivity index (χ3v) is 10.9. The lowest BCUT2D eigenvalue weighted by Crippen LogP contribution is -2.46. The fourth-order valence-corrected chi connectivity index (χ4v) is 7.64. The van der Waals surface area contributed by atoms with Crippen molar-refractivity contribution < 1.29 is 45.6 Å². The molecule has 0 rings (SSSR count). The lowest BCUT2D eigenvalue weighted by molar-refractivity contribution is -0.144. The first-order valence-electron chi connectivity index (χ1n) is 12.6. The Bertz CT molecular complexity index is 657. The van der Waals surface area contributed by atoms with Crippen LogP contribution in [0.3, 0.4) is 0 Å². The monoisotopic (exact) mass is 566 g/mol. The maximum Gasteiger partial charge on any atom is 0.501 e. The van der Waals surface area contributed by atoms with E-state index in [-0.39, 0.29) is 24.1 Å². The van der Waals surface area contributed by atoms with Gasteiger partial charge in [0.05, 0.1) is 12.2 Å². The van der Waals surface area contributed by atoms with Gasteiger partial charge in [-0.1, -0.05) is 13.2 Å². The summed E-state index contributed by atoms with van der Waals surface area (Å²) < 4.78 is 43.5. The minimum atomic E-state index is -2.65. The molecule has 0 fully saturated rings. The first kappa shape index (κ1) is 37.8. The molecule has 0 heterocycles. The van der Waals surface area contributed by atoms with Gasteiger partial charge in [-0.3, -0.25) is 0 Å². The molecule has 0 aliphatic rings. The van der Waals surface area contributed by atoms with E-state index in [4.69, 9.17) is 36.0 Å². The van der Waals surface area contributed by atoms with Crippen LogP contribution in [0.1, 0.15) is 61.3 Å². The zero-order chi connectivity index (χ0) is 29.1. The molecule has 0 aromatic heterocycles. The maximum absolute atomic E-state index is 11.5. The first-order valence-corrected chi connectivity index (χ1v) is 16.5. The minimum absolute atomic E-state index is 0.215. The van der Waals surface area contributed by atoms with E-state index in [1.807, 2.05) is 34.6 Å². The van der Waals surface area contributed by atoms with Gasteiger partial charge in [-0.2, -0.15) is 0 Å². The lowest BCUT2D eigenvalue weighted by Gasteiger charge is -2.29. The molecule has 2 atom stereocenters. The predicted octanol–water partition coefficient (Wildman–Crippen LogP) is 4.70. The summed E-state index contributed by atoms with van der Waals surface area (Å²) in [6, 6.07) is 1.23. The fraction of sp³-hybridized carbons (Fsp3) is 0.760. The Morgan fingerprint density at radius 2 is 0.946 bits per heavy atom. The van der Waals surface area contributed by atoms with Crippen LogP contribution in [0.5, 0.6) is 0 Å². The second-order valence-corrected chi connectivity index (χ2v) is 14.2. The van der Waals surface area contributed by atoms with Gasteiger partial charge in [0.1, 0.15) is 0 Å². The molecule has 218 valence electrons. The number of carbonyl (C=O) groups excluding carboxylic acids is 2. The molecule has 10 nitrogen and oxygen atoms in total. The van der Waals surface area contributed by atoms with Crippen molar-refractivity contribution >= 4 is 29.5 Å². The van der Waals surface area contributed by atoms with Crippen LogP contribution in [0.15, 0.2) is 24.3 Å². The molecule has 0 saturated carbocycles. The molecule has 0 radical (unpaired) electrons. The van der Waals surface area contributed by atoms with Crippen molar-refractivity contribution in [3.05, 3.63) is 24.3 Å². The summed E-state index contributed by atoms with van der Waals surface area (Å²) >= 11 is 0. The molecule has 37 heavy (non-hydrogen) atoms. The topological polar surface area (TPSA) is 108 Å². The van der Waals surface area contributed by atoms with Crippen molar-refractivity contribution in [1.82, 2.24) is 0 Å². The number of esters is 2. The average molecular weight is 567 g/mol. The highest BCUT2D eigenvalue weighted by Crippen LogP contribution is 2.21. The third kappa shape index (κ3) is 16.2. The lowest BCUT2D eigenvalue weighted by atomic mass is 10.3. The van der Waals surface area contributed by atoms with Gasteiger partial charge >= 0.3 is 29.5 Å². The van der Waals surface area contributed by atoms with Crippen molar-refractivity contribution in [2.45, 2.75) is 85.6 Å². The molecular weight excluding hydrogens is 516 g/mol. The van der Waals surface area contributed by atoms with E-state index in [2.05, 4.69) is 13.2 Å². The zero-order valence-electron chi connectivity index (χ0n) is 24.6. The molecule has 0 N–H and O–H groups in total. The Morgan fingerprint density at radius 3 is 1.19 bits per heavy atom. The van der Waals surface area contributed by atoms with E-state index in [1.165, 1.54) is 0 Å². The third-order valence-electron chi connectivity index (χ3n) is 5.05. The number of hydrogen-bond acceptors (Lipinski definition) is 10. The number of hydrogen-bond donors (Lipinski definition) is 0. The van der Waals surface area contributed by atoms with E-state index < -0.39 is 17.6 Å². The summed E-state index contributed by atoms with van der Waals surface area (Å²) in [5.41, 5.74) is 0.797. The van der Waals surface area contributed by atoms with Crippen molar-refractivity contribution in [2.24, 2.45) is 0 Å². The highest BCUT2D eigenvalue weighted by atomic mass is 28.4. The molecule has 0 aromatic rings. The fourth-order valence-electron chi connectivity index (χ4n) is 3.00. The largest absolute Gasteiger partial charge is 0.501 e. The first-order chi connectivity index (χ1) is 17.3. The van der Waals surface area contributed by atoms with Crippen LogP contribution in [-0.2, 0) is 45.6 Å². The van der Waals surface area contributed by atoms with E-state index in [0.717, 1.165) is 0 Å². The summed E-state index contributed by atoms with van der Waals surface area (Å²) in [6.45, 7) is 21.4. The van der Waals surface area contributed by atoms with Gasteiger partial charge in [0, 0.05) is 64.4 Å². The Morgan fingerprint density at radius 1 is 0.649 bits per heavy atom. The van der Waals surface area contributed by atoms with Crippen LogP contribution in [0.25, 0.3) is 0 Å². The van der Waals surface area contributed by atoms with Crippen LogP contribution in [0, 0.1) is 0 Å². The van der Waals surface area contributed by atoms with Crippen LogP contribution >= 0.6 is 0 Å². The van der Waals surface area contributed by atoms with Crippen LogP contribution in [0.4, 0.5) is 0 Å². The van der Waals surface area contributed by atoms with Gasteiger partial charge in [-0.15, -0.1) is 0 Å². The summed E-state index contributed by atoms with van der Waals surface area (Å²) in [7, 11) is -0.544. The Labute approximate surface area is 226 Å². The van der Waals surface area contributed by atoms with Crippen molar-refractivity contribution in [2.75, 3.05) is 41.2 Å². The summed E-state index contributed by atoms with van der Waals surface area (Å²) in [5.74, 6) is -0.744. The van der Waals surface area contributed by atoms with E-state index >= 15 is 0 Å². The molecule has 0 amide bonds. The van der Waals surface area contributed by atoms with Crippen molar-refractivity contribution in [3.8, 4) is 0 Å². The van der Waals surface area contributed by atoms with E-state index in [0.29, 0.717) is 55.9 Å². The normalized spacial score (nSPS) is 13.1. The number of carbonyl (C=O) groups is 2. The van der Waals surface area contributed by atoms with Crippen molar-refractivity contribution in [3.63, 3.8) is 0 Å². The molecular formula is C25H50O10Si2. The quantitative estimate of drug-likeness (QED) is 0.124. The van der Waals surface area contributed by atoms with Crippen molar-refractivity contribution in [1.29, 1.82) is 0 Å². The molecule has 0 spiro atoms. The predicted molar refractivity (Wildman–Crippen MR) is 147 cm³/mol. The van der Waals surface area contributed by atoms with Crippen LogP contribution in [0.2, 0.25) is 12.1 Å². The SMILES string of the molecule is C=C(C)C(=O)OC(C)CC[Si](OC)(OC)OC.C=C(C)C(=O)OC(C)CC[Si](OCC)(OCC)OCC. The molecule has 0 aliphatic heterocycles. The Kier molecular flexibility index (Phi) is 21.0. The summed E-state index contributed by atoms with van der Waals surface area (Å²) in [4.78, 5) is 22.7. The highest BCUT2D eigenvalue weighted by molar-refractivity contribution is 6.61. The second-order valence-electron chi connectivity index (χ2n) is 8.35. The molecule has 0 aliphatic carbocycles. The molecule has 12 heteroatoms. The Balaban J connectivity index is 0. The number of ether oxygens (including phenoxy) is 2. The molecule has 0 bridgehead atoms. The average Bonchev–Trinajstić information content (AvgIpc) is 2.84. The summed E-state index contributed by atoms with van der Waals surface area (Å²) in [5, 5.41) is 0. The molecule has 2 unspecified atom stereocenters. The smallest absolute Gasteiger partial charge is 0.459 e. The standard InChI is InChI=1S/C14H28O5Si.C11H22O5Si/c1-7-16-20(17-8-2,18-9-3)11-10-13(6)19-14(15)12(4)5;1-9(2)11(12)16-10(3)7-8-17(13-4,14-5)15-6/h13H,4,7-11H2,1-3,5-6H3;10H,1,7-8H2,2-6H3. The Hall–Kier alpha value is -1.39. The van der Waals surface area contributed by atoms with Gasteiger partial charge < -0.3 is 36.0 Å². The van der Waals surface area contributed by atoms with Gasteiger partial charge in [0.15, 0.2) is 0 Å². The maximum atomic E-state index is 11.5. The summed E-state index contributed by atoms with van der Waals surface area (Å²) in [6.07, 6.45) is 0.838. The molecule has 0 saturated heterocycles. The molecule has 0 aromatic carbocycles.